The molecule has 0 spiro atoms. The van der Waals surface area contributed by atoms with E-state index in [1.807, 2.05) is 0 Å². The Morgan fingerprint density at radius 1 is 0.933 bits per heavy atom. The number of hydrogen-bond acceptors (Lipinski definition) is 4. The van der Waals surface area contributed by atoms with Gasteiger partial charge in [0.2, 0.25) is 0 Å². The van der Waals surface area contributed by atoms with E-state index in [0.717, 1.165) is 0 Å². The van der Waals surface area contributed by atoms with Gasteiger partial charge in [0.15, 0.2) is 0 Å². The molecule has 0 aliphatic rings. The monoisotopic (exact) mass is 214 g/mol. The van der Waals surface area contributed by atoms with Gasteiger partial charge >= 0.3 is 5.97 Å². The molecular formula is C11H18O4. The number of rotatable bonds is 7. The summed E-state index contributed by atoms with van der Waals surface area (Å²) in [5.41, 5.74) is 0. The first-order chi connectivity index (χ1) is 6.91. The summed E-state index contributed by atoms with van der Waals surface area (Å²) in [5, 5.41) is 0. The predicted molar refractivity (Wildman–Crippen MR) is 55.4 cm³/mol. The number of Topliss-reactive ketones (excluding diaryl/α,β-unsaturated/α-hetero) is 2. The highest BCUT2D eigenvalue weighted by Gasteiger charge is 2.13. The zero-order valence-corrected chi connectivity index (χ0v) is 9.54. The zero-order chi connectivity index (χ0) is 11.8. The van der Waals surface area contributed by atoms with Crippen LogP contribution in [0, 0.1) is 0 Å². The average Bonchev–Trinajstić information content (AvgIpc) is 2.08. The first kappa shape index (κ1) is 13.8. The Labute approximate surface area is 90.0 Å². The minimum Gasteiger partial charge on any atom is -0.463 e. The number of carbonyl (C=O) groups is 3. The van der Waals surface area contributed by atoms with Gasteiger partial charge in [-0.15, -0.1) is 0 Å². The number of hydrogen-bond donors (Lipinski definition) is 0. The Morgan fingerprint density at radius 3 is 1.60 bits per heavy atom. The van der Waals surface area contributed by atoms with Gasteiger partial charge in [0.05, 0.1) is 0 Å². The molecule has 0 aromatic carbocycles. The maximum atomic E-state index is 10.8. The summed E-state index contributed by atoms with van der Waals surface area (Å²) in [7, 11) is 0. The maximum absolute atomic E-state index is 10.8. The van der Waals surface area contributed by atoms with Crippen LogP contribution >= 0.6 is 0 Å². The van der Waals surface area contributed by atoms with Crippen LogP contribution in [0.2, 0.25) is 0 Å². The fraction of sp³-hybridized carbons (Fsp3) is 0.727. The van der Waals surface area contributed by atoms with E-state index in [9.17, 15) is 14.4 Å². The van der Waals surface area contributed by atoms with Gasteiger partial charge in [-0.25, -0.2) is 0 Å². The highest BCUT2D eigenvalue weighted by molar-refractivity contribution is 5.76. The summed E-state index contributed by atoms with van der Waals surface area (Å²) in [6.45, 7) is 4.32. The molecular weight excluding hydrogens is 196 g/mol. The quantitative estimate of drug-likeness (QED) is 0.605. The Balaban J connectivity index is 3.99. The van der Waals surface area contributed by atoms with Crippen molar-refractivity contribution in [2.24, 2.45) is 0 Å². The van der Waals surface area contributed by atoms with Crippen LogP contribution in [0.15, 0.2) is 0 Å². The SMILES string of the molecule is CC(=O)CCC(CCC(C)=O)OC(C)=O. The molecule has 0 bridgehead atoms. The van der Waals surface area contributed by atoms with E-state index < -0.39 is 0 Å². The van der Waals surface area contributed by atoms with E-state index in [-0.39, 0.29) is 23.6 Å². The highest BCUT2D eigenvalue weighted by atomic mass is 16.5. The molecule has 15 heavy (non-hydrogen) atoms. The van der Waals surface area contributed by atoms with Gasteiger partial charge in [0.25, 0.3) is 0 Å². The van der Waals surface area contributed by atoms with Gasteiger partial charge in [-0.3, -0.25) is 4.79 Å². The molecule has 0 amide bonds. The molecule has 0 unspecified atom stereocenters. The van der Waals surface area contributed by atoms with Crippen molar-refractivity contribution in [1.29, 1.82) is 0 Å². The van der Waals surface area contributed by atoms with E-state index in [4.69, 9.17) is 4.74 Å². The van der Waals surface area contributed by atoms with Gasteiger partial charge in [-0.05, 0) is 26.7 Å². The lowest BCUT2D eigenvalue weighted by atomic mass is 10.1. The summed E-state index contributed by atoms with van der Waals surface area (Å²) >= 11 is 0. The van der Waals surface area contributed by atoms with Crippen molar-refractivity contribution in [3.63, 3.8) is 0 Å². The first-order valence-corrected chi connectivity index (χ1v) is 5.08. The van der Waals surface area contributed by atoms with E-state index in [0.29, 0.717) is 25.7 Å². The van der Waals surface area contributed by atoms with Crippen molar-refractivity contribution in [1.82, 2.24) is 0 Å². The van der Waals surface area contributed by atoms with Gasteiger partial charge < -0.3 is 14.3 Å². The number of carbonyl (C=O) groups excluding carboxylic acids is 3. The Bertz CT molecular complexity index is 227. The van der Waals surface area contributed by atoms with Crippen molar-refractivity contribution in [3.05, 3.63) is 0 Å². The summed E-state index contributed by atoms with van der Waals surface area (Å²) < 4.78 is 5.01. The summed E-state index contributed by atoms with van der Waals surface area (Å²) in [6, 6.07) is 0. The molecule has 4 nitrogen and oxygen atoms in total. The molecule has 0 radical (unpaired) electrons. The molecule has 0 aromatic rings. The molecule has 0 rings (SSSR count). The number of ether oxygens (including phenoxy) is 1. The third-order valence-corrected chi connectivity index (χ3v) is 1.97. The minimum atomic E-state index is -0.368. The van der Waals surface area contributed by atoms with Gasteiger partial charge in [0, 0.05) is 19.8 Å². The number of ketones is 2. The smallest absolute Gasteiger partial charge is 0.302 e. The maximum Gasteiger partial charge on any atom is 0.302 e. The van der Waals surface area contributed by atoms with Crippen molar-refractivity contribution < 1.29 is 19.1 Å². The van der Waals surface area contributed by atoms with Crippen LogP contribution in [0.5, 0.6) is 0 Å². The van der Waals surface area contributed by atoms with E-state index in [1.54, 1.807) is 0 Å². The van der Waals surface area contributed by atoms with E-state index in [2.05, 4.69) is 0 Å². The average molecular weight is 214 g/mol. The lowest BCUT2D eigenvalue weighted by Gasteiger charge is -2.15. The molecule has 0 atom stereocenters. The largest absolute Gasteiger partial charge is 0.463 e. The lowest BCUT2D eigenvalue weighted by Crippen LogP contribution is -2.18. The summed E-state index contributed by atoms with van der Waals surface area (Å²) in [6.07, 6.45) is 1.46. The molecule has 0 saturated carbocycles. The van der Waals surface area contributed by atoms with Gasteiger partial charge in [-0.1, -0.05) is 0 Å². The van der Waals surface area contributed by atoms with Crippen molar-refractivity contribution in [3.8, 4) is 0 Å². The molecule has 0 aliphatic heterocycles. The Hall–Kier alpha value is -1.19. The molecule has 4 heteroatoms. The normalized spacial score (nSPS) is 10.1. The molecule has 0 aliphatic carbocycles. The Morgan fingerprint density at radius 2 is 1.33 bits per heavy atom. The van der Waals surface area contributed by atoms with Crippen LogP contribution in [0.25, 0.3) is 0 Å². The van der Waals surface area contributed by atoms with Gasteiger partial charge in [0.1, 0.15) is 17.7 Å². The second kappa shape index (κ2) is 7.15. The lowest BCUT2D eigenvalue weighted by molar-refractivity contribution is -0.148. The van der Waals surface area contributed by atoms with Crippen LogP contribution in [0.3, 0.4) is 0 Å². The van der Waals surface area contributed by atoms with Crippen molar-refractivity contribution in [2.75, 3.05) is 0 Å². The van der Waals surface area contributed by atoms with E-state index in [1.165, 1.54) is 20.8 Å². The fourth-order valence-electron chi connectivity index (χ4n) is 1.23. The second-order valence-corrected chi connectivity index (χ2v) is 3.71. The van der Waals surface area contributed by atoms with Crippen LogP contribution < -0.4 is 0 Å². The third kappa shape index (κ3) is 9.12. The fourth-order valence-corrected chi connectivity index (χ4v) is 1.23. The Kier molecular flexibility index (Phi) is 6.58. The molecule has 0 aromatic heterocycles. The standard InChI is InChI=1S/C11H18O4/c1-8(12)4-6-11(15-10(3)14)7-5-9(2)13/h11H,4-7H2,1-3H3. The molecule has 0 heterocycles. The number of esters is 1. The van der Waals surface area contributed by atoms with Crippen LogP contribution in [0.4, 0.5) is 0 Å². The third-order valence-electron chi connectivity index (χ3n) is 1.97. The second-order valence-electron chi connectivity index (χ2n) is 3.71. The molecule has 0 N–H and O–H groups in total. The first-order valence-electron chi connectivity index (χ1n) is 5.08. The summed E-state index contributed by atoms with van der Waals surface area (Å²) in [4.78, 5) is 32.3. The summed E-state index contributed by atoms with van der Waals surface area (Å²) in [5.74, 6) is -0.239. The predicted octanol–water partition coefficient (Wildman–Crippen LogP) is 1.66. The van der Waals surface area contributed by atoms with Crippen LogP contribution in [-0.2, 0) is 19.1 Å². The topological polar surface area (TPSA) is 60.4 Å². The van der Waals surface area contributed by atoms with Crippen molar-refractivity contribution in [2.45, 2.75) is 52.6 Å². The zero-order valence-electron chi connectivity index (χ0n) is 9.54. The highest BCUT2D eigenvalue weighted by Crippen LogP contribution is 2.10. The van der Waals surface area contributed by atoms with E-state index >= 15 is 0 Å². The van der Waals surface area contributed by atoms with Crippen LogP contribution in [0.1, 0.15) is 46.5 Å². The molecule has 0 fully saturated rings. The minimum absolute atomic E-state index is 0.0648. The van der Waals surface area contributed by atoms with Crippen molar-refractivity contribution >= 4 is 17.5 Å². The molecule has 86 valence electrons. The molecule has 0 saturated heterocycles. The van der Waals surface area contributed by atoms with Crippen LogP contribution in [-0.4, -0.2) is 23.6 Å². The van der Waals surface area contributed by atoms with Gasteiger partial charge in [-0.2, -0.15) is 0 Å².